The van der Waals surface area contributed by atoms with Gasteiger partial charge in [-0.2, -0.15) is 0 Å². The number of allylic oxidation sites excluding steroid dienone is 8. The van der Waals surface area contributed by atoms with E-state index < -0.39 is 0 Å². The Morgan fingerprint density at radius 2 is 1.57 bits per heavy atom. The third kappa shape index (κ3) is 6.48. The number of hydrogen-bond acceptors (Lipinski definition) is 8. The van der Waals surface area contributed by atoms with Crippen molar-refractivity contribution >= 4 is 34.3 Å². The molecule has 0 unspecified atom stereocenters. The van der Waals surface area contributed by atoms with Gasteiger partial charge in [0.05, 0.1) is 36.2 Å². The molecule has 10 heteroatoms. The summed E-state index contributed by atoms with van der Waals surface area (Å²) in [5.74, 6) is 1.37. The lowest BCUT2D eigenvalue weighted by atomic mass is 9.78. The number of aromatic nitrogens is 2. The molecule has 0 amide bonds. The molecule has 2 spiro atoms. The Balaban J connectivity index is 1.02. The highest BCUT2D eigenvalue weighted by Gasteiger charge is 2.47. The lowest BCUT2D eigenvalue weighted by Gasteiger charge is -2.47. The Hall–Kier alpha value is -4.08. The largest absolute Gasteiger partial charge is 0.496 e. The maximum Gasteiger partial charge on any atom is 0.237 e. The van der Waals surface area contributed by atoms with Crippen LogP contribution < -0.4 is 20.1 Å². The van der Waals surface area contributed by atoms with Crippen LogP contribution in [-0.4, -0.2) is 73.3 Å². The van der Waals surface area contributed by atoms with E-state index in [9.17, 15) is 0 Å². The number of benzene rings is 2. The first-order valence-corrected chi connectivity index (χ1v) is 18.3. The molecule has 5 heterocycles. The second kappa shape index (κ2) is 13.5. The van der Waals surface area contributed by atoms with Crippen LogP contribution in [0.5, 0.6) is 11.6 Å². The minimum atomic E-state index is 0.292. The van der Waals surface area contributed by atoms with Crippen LogP contribution in [0.25, 0.3) is 22.4 Å². The van der Waals surface area contributed by atoms with E-state index in [1.165, 1.54) is 0 Å². The molecule has 0 radical (unpaired) electrons. The molecule has 3 aromatic rings. The van der Waals surface area contributed by atoms with Gasteiger partial charge in [-0.1, -0.05) is 84.9 Å². The summed E-state index contributed by atoms with van der Waals surface area (Å²) < 4.78 is 11.7. The van der Waals surface area contributed by atoms with Crippen LogP contribution in [0.15, 0.2) is 90.4 Å². The Bertz CT molecular complexity index is 2010. The normalized spacial score (nSPS) is 20.9. The van der Waals surface area contributed by atoms with Crippen LogP contribution >= 0.6 is 23.2 Å². The minimum Gasteiger partial charge on any atom is -0.496 e. The molecular weight excluding hydrogens is 679 g/mol. The van der Waals surface area contributed by atoms with Crippen LogP contribution in [0.1, 0.15) is 41.6 Å². The predicted molar refractivity (Wildman–Crippen MR) is 205 cm³/mol. The molecule has 0 atom stereocenters. The van der Waals surface area contributed by atoms with Crippen molar-refractivity contribution in [2.24, 2.45) is 10.8 Å². The standard InChI is InChI=1S/C41H44Cl2N6O2/c1-26-15-40(20-45-26)22-48(23-40)18-29-13-12-28(14-36(29)50-3)30-8-5-6-9-31(37(30)42)32-10-7-11-33(38(32)43)34-17-44-35(39(47-34)51-4)19-49-24-41(25-49)16-27(2)46-21-41/h6-14,17,45-46H,1-2,5,15-16,18-25H2,3-4H3. The zero-order valence-corrected chi connectivity index (χ0v) is 30.8. The molecule has 1 aliphatic carbocycles. The van der Waals surface area contributed by atoms with Crippen molar-refractivity contribution in [3.63, 3.8) is 0 Å². The summed E-state index contributed by atoms with van der Waals surface area (Å²) in [5.41, 5.74) is 9.91. The Labute approximate surface area is 310 Å². The quantitative estimate of drug-likeness (QED) is 0.237. The van der Waals surface area contributed by atoms with Crippen molar-refractivity contribution < 1.29 is 9.47 Å². The number of ether oxygens (including phenoxy) is 2. The zero-order chi connectivity index (χ0) is 35.3. The second-order valence-corrected chi connectivity index (χ2v) is 15.7. The molecule has 4 aliphatic heterocycles. The van der Waals surface area contributed by atoms with Crippen molar-refractivity contribution in [2.75, 3.05) is 53.5 Å². The Morgan fingerprint density at radius 3 is 2.22 bits per heavy atom. The molecule has 0 saturated carbocycles. The first kappa shape index (κ1) is 34.0. The Morgan fingerprint density at radius 1 is 0.882 bits per heavy atom. The summed E-state index contributed by atoms with van der Waals surface area (Å²) in [7, 11) is 3.37. The van der Waals surface area contributed by atoms with Crippen LogP contribution in [0.2, 0.25) is 5.02 Å². The highest BCUT2D eigenvalue weighted by atomic mass is 35.5. The van der Waals surface area contributed by atoms with Crippen LogP contribution in [0.4, 0.5) is 0 Å². The van der Waals surface area contributed by atoms with Crippen molar-refractivity contribution in [1.82, 2.24) is 30.4 Å². The van der Waals surface area contributed by atoms with Crippen LogP contribution in [0.3, 0.4) is 0 Å². The number of halogens is 2. The van der Waals surface area contributed by atoms with Gasteiger partial charge in [0.2, 0.25) is 5.88 Å². The number of hydrogen-bond donors (Lipinski definition) is 2. The molecule has 264 valence electrons. The first-order valence-electron chi connectivity index (χ1n) is 17.6. The Kier molecular flexibility index (Phi) is 8.99. The number of likely N-dealkylation sites (tertiary alicyclic amines) is 2. The summed E-state index contributed by atoms with van der Waals surface area (Å²) in [6.07, 6.45) is 10.9. The van der Waals surface area contributed by atoms with Gasteiger partial charge in [0.25, 0.3) is 0 Å². The fourth-order valence-corrected chi connectivity index (χ4v) is 9.30. The number of nitrogens with zero attached hydrogens (tertiary/aromatic N) is 4. The first-order chi connectivity index (χ1) is 24.7. The molecule has 2 N–H and O–H groups in total. The molecule has 5 aliphatic rings. The van der Waals surface area contributed by atoms with Gasteiger partial charge >= 0.3 is 0 Å². The smallest absolute Gasteiger partial charge is 0.237 e. The monoisotopic (exact) mass is 722 g/mol. The maximum atomic E-state index is 7.29. The SMILES string of the molecule is C=C1CC2(CN1)CN(Cc1ccc(C3=CCC=CC(c4cccc(-c5cnc(CN6CC7(CNC(=C)C7)C6)c(OC)n5)c4Cl)=C3Cl)cc1OC)C2. The number of rotatable bonds is 9. The van der Waals surface area contributed by atoms with Gasteiger partial charge in [0, 0.05) is 96.8 Å². The summed E-state index contributed by atoms with van der Waals surface area (Å²) in [6.45, 7) is 15.9. The molecule has 8 nitrogen and oxygen atoms in total. The highest BCUT2D eigenvalue weighted by Crippen LogP contribution is 2.44. The minimum absolute atomic E-state index is 0.292. The van der Waals surface area contributed by atoms with E-state index in [1.807, 2.05) is 18.2 Å². The average Bonchev–Trinajstić information content (AvgIpc) is 3.63. The van der Waals surface area contributed by atoms with Gasteiger partial charge < -0.3 is 20.1 Å². The van der Waals surface area contributed by atoms with E-state index in [0.717, 1.165) is 121 Å². The van der Waals surface area contributed by atoms with Gasteiger partial charge in [0.1, 0.15) is 11.4 Å². The molecule has 4 saturated heterocycles. The summed E-state index contributed by atoms with van der Waals surface area (Å²) in [6, 6.07) is 12.4. The molecule has 1 aromatic heterocycles. The van der Waals surface area contributed by atoms with Gasteiger partial charge in [-0.3, -0.25) is 14.8 Å². The topological polar surface area (TPSA) is 74.8 Å². The van der Waals surface area contributed by atoms with Gasteiger partial charge in [-0.25, -0.2) is 4.98 Å². The molecule has 51 heavy (non-hydrogen) atoms. The van der Waals surface area contributed by atoms with Crippen LogP contribution in [0, 0.1) is 10.8 Å². The maximum absolute atomic E-state index is 7.29. The van der Waals surface area contributed by atoms with Crippen LogP contribution in [-0.2, 0) is 13.1 Å². The van der Waals surface area contributed by atoms with E-state index >= 15 is 0 Å². The van der Waals surface area contributed by atoms with Crippen molar-refractivity contribution in [2.45, 2.75) is 32.4 Å². The molecule has 4 fully saturated rings. The number of methoxy groups -OCH3 is 2. The lowest BCUT2D eigenvalue weighted by molar-refractivity contribution is 0.0101. The predicted octanol–water partition coefficient (Wildman–Crippen LogP) is 7.43. The summed E-state index contributed by atoms with van der Waals surface area (Å²) in [4.78, 5) is 14.6. The van der Waals surface area contributed by atoms with Gasteiger partial charge in [0.15, 0.2) is 0 Å². The fourth-order valence-electron chi connectivity index (χ4n) is 8.62. The van der Waals surface area contributed by atoms with E-state index in [1.54, 1.807) is 20.4 Å². The third-order valence-electron chi connectivity index (χ3n) is 11.0. The molecule has 0 bridgehead atoms. The lowest BCUT2D eigenvalue weighted by Crippen LogP contribution is -2.56. The zero-order valence-electron chi connectivity index (χ0n) is 29.3. The van der Waals surface area contributed by atoms with E-state index in [4.69, 9.17) is 42.6 Å². The van der Waals surface area contributed by atoms with Gasteiger partial charge in [-0.05, 0) is 36.5 Å². The van der Waals surface area contributed by atoms with E-state index in [2.05, 4.69) is 70.0 Å². The summed E-state index contributed by atoms with van der Waals surface area (Å²) in [5, 5.41) is 8.02. The van der Waals surface area contributed by atoms with Crippen molar-refractivity contribution in [3.8, 4) is 22.9 Å². The fraction of sp³-hybridized carbons (Fsp3) is 0.366. The van der Waals surface area contributed by atoms with E-state index in [-0.39, 0.29) is 0 Å². The average molecular weight is 724 g/mol. The second-order valence-electron chi connectivity index (χ2n) is 14.9. The summed E-state index contributed by atoms with van der Waals surface area (Å²) >= 11 is 14.5. The van der Waals surface area contributed by atoms with Crippen molar-refractivity contribution in [1.29, 1.82) is 0 Å². The van der Waals surface area contributed by atoms with E-state index in [0.29, 0.717) is 39.0 Å². The highest BCUT2D eigenvalue weighted by molar-refractivity contribution is 6.42. The van der Waals surface area contributed by atoms with Gasteiger partial charge in [-0.15, -0.1) is 0 Å². The molecule has 8 rings (SSSR count). The molecule has 2 aromatic carbocycles. The molecular formula is C41H44Cl2N6O2. The van der Waals surface area contributed by atoms with Crippen molar-refractivity contribution in [3.05, 3.63) is 118 Å². The number of nitrogens with one attached hydrogen (secondary N) is 2. The third-order valence-corrected chi connectivity index (χ3v) is 11.8.